The van der Waals surface area contributed by atoms with Crippen LogP contribution < -0.4 is 0 Å². The van der Waals surface area contributed by atoms with Gasteiger partial charge in [0.25, 0.3) is 0 Å². The van der Waals surface area contributed by atoms with E-state index in [0.717, 1.165) is 30.1 Å². The fraction of sp³-hybridized carbons (Fsp3) is 0.526. The van der Waals surface area contributed by atoms with Crippen molar-refractivity contribution in [1.82, 2.24) is 19.9 Å². The highest BCUT2D eigenvalue weighted by molar-refractivity contribution is 5.74. The molecular weight excluding hydrogens is 316 g/mol. The van der Waals surface area contributed by atoms with Gasteiger partial charge in [0, 0.05) is 26.4 Å². The summed E-state index contributed by atoms with van der Waals surface area (Å²) in [4.78, 5) is 13.9. The number of hydrogen-bond acceptors (Lipinski definition) is 4. The van der Waals surface area contributed by atoms with Crippen molar-refractivity contribution in [3.8, 4) is 0 Å². The highest BCUT2D eigenvalue weighted by Gasteiger charge is 2.34. The third-order valence-corrected chi connectivity index (χ3v) is 5.07. The van der Waals surface area contributed by atoms with Crippen LogP contribution >= 0.6 is 0 Å². The third-order valence-electron chi connectivity index (χ3n) is 5.07. The Morgan fingerprint density at radius 3 is 2.80 bits per heavy atom. The van der Waals surface area contributed by atoms with Gasteiger partial charge in [-0.25, -0.2) is 4.68 Å². The summed E-state index contributed by atoms with van der Waals surface area (Å²) in [5.41, 5.74) is 3.22. The Morgan fingerprint density at radius 2 is 2.08 bits per heavy atom. The number of ether oxygens (including phenoxy) is 1. The lowest BCUT2D eigenvalue weighted by Crippen LogP contribution is -2.41. The van der Waals surface area contributed by atoms with Crippen LogP contribution in [-0.4, -0.2) is 39.0 Å². The Labute approximate surface area is 147 Å². The molecule has 1 fully saturated rings. The van der Waals surface area contributed by atoms with Gasteiger partial charge in [-0.15, -0.1) is 5.10 Å². The molecule has 25 heavy (non-hydrogen) atoms. The number of nitrogens with zero attached hydrogens (tertiary/aromatic N) is 4. The number of fused-ring (bicyclic) bond motifs is 1. The molecule has 0 saturated heterocycles. The fourth-order valence-electron chi connectivity index (χ4n) is 3.49. The van der Waals surface area contributed by atoms with E-state index in [1.165, 1.54) is 18.5 Å². The second-order valence-electron chi connectivity index (χ2n) is 7.03. The predicted octanol–water partition coefficient (Wildman–Crippen LogP) is 2.35. The standard InChI is InChI=1S/C19H24N4O2/c1-14(24)22-10-9-17-19(20-21-23(17)11-15-7-8-15)18(22)13-25-12-16-5-3-2-4-6-16/h2-6,15,18H,7-13H2,1H3/t18-/m1/s1. The zero-order valence-corrected chi connectivity index (χ0v) is 14.6. The SMILES string of the molecule is CC(=O)N1CCc2c(nnn2CC2CC2)[C@H]1COCc1ccccc1. The molecule has 4 rings (SSSR count). The number of carbonyl (C=O) groups excluding carboxylic acids is 1. The molecule has 2 aliphatic rings. The highest BCUT2D eigenvalue weighted by Crippen LogP contribution is 2.33. The first-order chi connectivity index (χ1) is 12.2. The Morgan fingerprint density at radius 1 is 1.28 bits per heavy atom. The van der Waals surface area contributed by atoms with E-state index < -0.39 is 0 Å². The van der Waals surface area contributed by atoms with Crippen molar-refractivity contribution in [2.45, 2.75) is 45.4 Å². The first kappa shape index (κ1) is 16.3. The quantitative estimate of drug-likeness (QED) is 0.810. The van der Waals surface area contributed by atoms with Crippen LogP contribution in [0.15, 0.2) is 30.3 Å². The lowest BCUT2D eigenvalue weighted by atomic mass is 10.0. The predicted molar refractivity (Wildman–Crippen MR) is 92.7 cm³/mol. The van der Waals surface area contributed by atoms with Gasteiger partial charge in [-0.2, -0.15) is 0 Å². The minimum Gasteiger partial charge on any atom is -0.374 e. The van der Waals surface area contributed by atoms with Gasteiger partial charge in [-0.1, -0.05) is 35.5 Å². The van der Waals surface area contributed by atoms with Crippen LogP contribution in [0.4, 0.5) is 0 Å². The number of rotatable bonds is 6. The molecule has 132 valence electrons. The van der Waals surface area contributed by atoms with Crippen molar-refractivity contribution in [3.63, 3.8) is 0 Å². The molecule has 2 aromatic rings. The molecule has 2 heterocycles. The minimum absolute atomic E-state index is 0.0655. The molecule has 6 nitrogen and oxygen atoms in total. The normalized spacial score (nSPS) is 19.7. The molecule has 1 aliphatic heterocycles. The first-order valence-electron chi connectivity index (χ1n) is 9.03. The summed E-state index contributed by atoms with van der Waals surface area (Å²) < 4.78 is 7.98. The van der Waals surface area contributed by atoms with Crippen molar-refractivity contribution < 1.29 is 9.53 Å². The maximum Gasteiger partial charge on any atom is 0.220 e. The van der Waals surface area contributed by atoms with E-state index in [1.807, 2.05) is 35.2 Å². The van der Waals surface area contributed by atoms with E-state index in [9.17, 15) is 4.79 Å². The Bertz CT molecular complexity index is 739. The second-order valence-corrected chi connectivity index (χ2v) is 7.03. The summed E-state index contributed by atoms with van der Waals surface area (Å²) in [6, 6.07) is 9.94. The van der Waals surface area contributed by atoms with E-state index >= 15 is 0 Å². The van der Waals surface area contributed by atoms with Crippen molar-refractivity contribution in [3.05, 3.63) is 47.3 Å². The van der Waals surface area contributed by atoms with Gasteiger partial charge < -0.3 is 9.64 Å². The molecule has 1 aliphatic carbocycles. The van der Waals surface area contributed by atoms with Crippen molar-refractivity contribution >= 4 is 5.91 Å². The molecule has 0 spiro atoms. The number of aromatic nitrogens is 3. The zero-order chi connectivity index (χ0) is 17.2. The van der Waals surface area contributed by atoms with E-state index in [1.54, 1.807) is 6.92 Å². The molecule has 0 radical (unpaired) electrons. The van der Waals surface area contributed by atoms with Gasteiger partial charge in [-0.05, 0) is 24.3 Å². The van der Waals surface area contributed by atoms with Gasteiger partial charge >= 0.3 is 0 Å². The van der Waals surface area contributed by atoms with Crippen molar-refractivity contribution in [2.24, 2.45) is 5.92 Å². The summed E-state index contributed by atoms with van der Waals surface area (Å²) >= 11 is 0. The molecule has 1 saturated carbocycles. The monoisotopic (exact) mass is 340 g/mol. The van der Waals surface area contributed by atoms with E-state index in [-0.39, 0.29) is 11.9 Å². The van der Waals surface area contributed by atoms with E-state index in [0.29, 0.717) is 19.8 Å². The Balaban J connectivity index is 1.49. The van der Waals surface area contributed by atoms with Gasteiger partial charge in [0.05, 0.1) is 18.9 Å². The minimum atomic E-state index is -0.141. The molecule has 1 aromatic heterocycles. The van der Waals surface area contributed by atoms with Crippen molar-refractivity contribution in [1.29, 1.82) is 0 Å². The maximum absolute atomic E-state index is 12.1. The molecule has 6 heteroatoms. The van der Waals surface area contributed by atoms with E-state index in [4.69, 9.17) is 4.74 Å². The summed E-state index contributed by atoms with van der Waals surface area (Å²) in [6.07, 6.45) is 3.40. The molecule has 1 atom stereocenters. The molecule has 1 amide bonds. The summed E-state index contributed by atoms with van der Waals surface area (Å²) in [7, 11) is 0. The second kappa shape index (κ2) is 6.96. The Hall–Kier alpha value is -2.21. The summed E-state index contributed by atoms with van der Waals surface area (Å²) in [5.74, 6) is 0.820. The first-order valence-corrected chi connectivity index (χ1v) is 9.03. The highest BCUT2D eigenvalue weighted by atomic mass is 16.5. The summed E-state index contributed by atoms with van der Waals surface area (Å²) in [5, 5.41) is 8.78. The number of hydrogen-bond donors (Lipinski definition) is 0. The summed E-state index contributed by atoms with van der Waals surface area (Å²) in [6.45, 7) is 4.27. The van der Waals surface area contributed by atoms with Crippen molar-refractivity contribution in [2.75, 3.05) is 13.2 Å². The number of amides is 1. The lowest BCUT2D eigenvalue weighted by Gasteiger charge is -2.34. The zero-order valence-electron chi connectivity index (χ0n) is 14.6. The fourth-order valence-corrected chi connectivity index (χ4v) is 3.49. The average Bonchev–Trinajstić information content (AvgIpc) is 3.34. The van der Waals surface area contributed by atoms with Gasteiger partial charge in [0.15, 0.2) is 0 Å². The van der Waals surface area contributed by atoms with Crippen LogP contribution in [0.3, 0.4) is 0 Å². The maximum atomic E-state index is 12.1. The topological polar surface area (TPSA) is 60.2 Å². The molecular formula is C19H24N4O2. The van der Waals surface area contributed by atoms with Gasteiger partial charge in [0.2, 0.25) is 5.91 Å². The molecule has 0 N–H and O–H groups in total. The third kappa shape index (κ3) is 3.58. The van der Waals surface area contributed by atoms with Gasteiger partial charge in [0.1, 0.15) is 11.7 Å². The Kier molecular flexibility index (Phi) is 4.53. The average molecular weight is 340 g/mol. The lowest BCUT2D eigenvalue weighted by molar-refractivity contribution is -0.133. The smallest absolute Gasteiger partial charge is 0.220 e. The van der Waals surface area contributed by atoms with E-state index in [2.05, 4.69) is 15.0 Å². The van der Waals surface area contributed by atoms with Crippen LogP contribution in [0.5, 0.6) is 0 Å². The molecule has 0 bridgehead atoms. The van der Waals surface area contributed by atoms with Crippen LogP contribution in [0.2, 0.25) is 0 Å². The van der Waals surface area contributed by atoms with Gasteiger partial charge in [-0.3, -0.25) is 4.79 Å². The molecule has 0 unspecified atom stereocenters. The van der Waals surface area contributed by atoms with Crippen LogP contribution in [0, 0.1) is 5.92 Å². The van der Waals surface area contributed by atoms with Crippen LogP contribution in [-0.2, 0) is 29.1 Å². The molecule has 1 aromatic carbocycles. The van der Waals surface area contributed by atoms with Crippen LogP contribution in [0.25, 0.3) is 0 Å². The number of carbonyl (C=O) groups is 1. The largest absolute Gasteiger partial charge is 0.374 e. The number of benzene rings is 1. The van der Waals surface area contributed by atoms with Crippen LogP contribution in [0.1, 0.15) is 42.8 Å².